The Morgan fingerprint density at radius 2 is 1.85 bits per heavy atom. The number of hydrogen-bond donors (Lipinski definition) is 3. The van der Waals surface area contributed by atoms with E-state index in [1.807, 2.05) is 0 Å². The minimum atomic E-state index is -4.79. The molecule has 0 atom stereocenters. The van der Waals surface area contributed by atoms with Crippen LogP contribution in [0.15, 0.2) is 42.7 Å². The number of nitrogens with one attached hydrogen (secondary N) is 1. The van der Waals surface area contributed by atoms with Crippen LogP contribution in [-0.4, -0.2) is 40.5 Å². The van der Waals surface area contributed by atoms with Gasteiger partial charge in [0.15, 0.2) is 17.3 Å². The molecule has 15 heteroatoms. The number of aliphatic hydroxyl groups is 1. The number of aliphatic hydroxyl groups excluding tert-OH is 1. The van der Waals surface area contributed by atoms with Crippen molar-refractivity contribution in [1.29, 1.82) is 0 Å². The number of rotatable bonds is 6. The fourth-order valence-electron chi connectivity index (χ4n) is 2.96. The van der Waals surface area contributed by atoms with Gasteiger partial charge in [-0.3, -0.25) is 4.79 Å². The number of nitrogens with two attached hydrogens (primary N) is 1. The number of carbonyl (C=O) groups is 1. The van der Waals surface area contributed by atoms with Crippen molar-refractivity contribution >= 4 is 40.5 Å². The van der Waals surface area contributed by atoms with Crippen LogP contribution in [-0.2, 0) is 12.8 Å². The van der Waals surface area contributed by atoms with Crippen LogP contribution in [0.2, 0.25) is 10.0 Å². The number of amides is 1. The Morgan fingerprint density at radius 3 is 2.41 bits per heavy atom. The van der Waals surface area contributed by atoms with E-state index in [9.17, 15) is 23.1 Å². The molecule has 0 bridgehead atoms. The van der Waals surface area contributed by atoms with Crippen molar-refractivity contribution in [3.8, 4) is 11.5 Å². The quantitative estimate of drug-likeness (QED) is 0.359. The SMILES string of the molecule is NC(=O)c1nn(-c2c(Cl)cccc2Cl)cc1Nc1ccc(-n2nc(C(F)(F)F)nc2CO)nc1. The molecule has 1 amide bonds. The summed E-state index contributed by atoms with van der Waals surface area (Å²) in [6.45, 7) is -0.781. The first-order valence-corrected chi connectivity index (χ1v) is 10.1. The minimum Gasteiger partial charge on any atom is -0.388 e. The fraction of sp³-hybridized carbons (Fsp3) is 0.105. The highest BCUT2D eigenvalue weighted by atomic mass is 35.5. The highest BCUT2D eigenvalue weighted by Crippen LogP contribution is 2.31. The lowest BCUT2D eigenvalue weighted by Crippen LogP contribution is -2.14. The molecule has 4 rings (SSSR count). The van der Waals surface area contributed by atoms with Gasteiger partial charge in [0, 0.05) is 0 Å². The number of aromatic nitrogens is 6. The van der Waals surface area contributed by atoms with Crippen LogP contribution in [0.5, 0.6) is 0 Å². The average Bonchev–Trinajstić information content (AvgIpc) is 3.39. The fourth-order valence-corrected chi connectivity index (χ4v) is 3.53. The van der Waals surface area contributed by atoms with Crippen molar-refractivity contribution in [2.24, 2.45) is 5.73 Å². The number of carbonyl (C=O) groups excluding carboxylic acids is 1. The number of anilines is 2. The molecule has 0 aliphatic rings. The molecule has 0 spiro atoms. The molecule has 4 N–H and O–H groups in total. The van der Waals surface area contributed by atoms with Gasteiger partial charge in [-0.25, -0.2) is 14.6 Å². The van der Waals surface area contributed by atoms with E-state index in [4.69, 9.17) is 28.9 Å². The van der Waals surface area contributed by atoms with Gasteiger partial charge in [-0.2, -0.15) is 23.0 Å². The van der Waals surface area contributed by atoms with Crippen molar-refractivity contribution in [3.63, 3.8) is 0 Å². The van der Waals surface area contributed by atoms with Gasteiger partial charge < -0.3 is 16.2 Å². The van der Waals surface area contributed by atoms with E-state index in [-0.39, 0.29) is 33.1 Å². The maximum atomic E-state index is 12.9. The Hall–Kier alpha value is -3.68. The molecule has 0 radical (unpaired) electrons. The zero-order valence-corrected chi connectivity index (χ0v) is 18.3. The average molecular weight is 513 g/mol. The topological polar surface area (TPSA) is 137 Å². The lowest BCUT2D eigenvalue weighted by atomic mass is 10.3. The third kappa shape index (κ3) is 4.53. The predicted molar refractivity (Wildman–Crippen MR) is 115 cm³/mol. The largest absolute Gasteiger partial charge is 0.453 e. The van der Waals surface area contributed by atoms with E-state index < -0.39 is 24.5 Å². The van der Waals surface area contributed by atoms with Gasteiger partial charge in [0.2, 0.25) is 0 Å². The van der Waals surface area contributed by atoms with Crippen LogP contribution in [0, 0.1) is 0 Å². The third-order valence-electron chi connectivity index (χ3n) is 4.43. The summed E-state index contributed by atoms with van der Waals surface area (Å²) in [5, 5.41) is 20.3. The van der Waals surface area contributed by atoms with E-state index in [0.29, 0.717) is 11.4 Å². The molecule has 0 aliphatic heterocycles. The van der Waals surface area contributed by atoms with Crippen LogP contribution < -0.4 is 11.1 Å². The smallest absolute Gasteiger partial charge is 0.388 e. The van der Waals surface area contributed by atoms with Gasteiger partial charge in [0.25, 0.3) is 11.7 Å². The normalized spacial score (nSPS) is 11.6. The molecule has 0 saturated carbocycles. The highest BCUT2D eigenvalue weighted by Gasteiger charge is 2.37. The molecule has 0 saturated heterocycles. The van der Waals surface area contributed by atoms with E-state index in [1.165, 1.54) is 29.2 Å². The van der Waals surface area contributed by atoms with Crippen molar-refractivity contribution in [3.05, 3.63) is 70.1 Å². The number of primary amides is 1. The Kier molecular flexibility index (Phi) is 6.17. The first-order chi connectivity index (χ1) is 16.1. The number of pyridine rings is 1. The van der Waals surface area contributed by atoms with Gasteiger partial charge in [0.1, 0.15) is 12.3 Å². The molecule has 0 unspecified atom stereocenters. The first-order valence-electron chi connectivity index (χ1n) is 9.29. The van der Waals surface area contributed by atoms with Crippen LogP contribution in [0.3, 0.4) is 0 Å². The minimum absolute atomic E-state index is 0.0220. The zero-order valence-electron chi connectivity index (χ0n) is 16.8. The highest BCUT2D eigenvalue weighted by molar-refractivity contribution is 6.37. The molecule has 34 heavy (non-hydrogen) atoms. The number of hydrogen-bond acceptors (Lipinski definition) is 7. The van der Waals surface area contributed by atoms with Crippen LogP contribution in [0.25, 0.3) is 11.5 Å². The maximum Gasteiger partial charge on any atom is 0.453 e. The summed E-state index contributed by atoms with van der Waals surface area (Å²) in [6, 6.07) is 7.64. The lowest BCUT2D eigenvalue weighted by molar-refractivity contribution is -0.144. The van der Waals surface area contributed by atoms with Crippen molar-refractivity contribution < 1.29 is 23.1 Å². The van der Waals surface area contributed by atoms with E-state index in [0.717, 1.165) is 4.68 Å². The lowest BCUT2D eigenvalue weighted by Gasteiger charge is -2.07. The summed E-state index contributed by atoms with van der Waals surface area (Å²) in [7, 11) is 0. The van der Waals surface area contributed by atoms with Gasteiger partial charge in [0.05, 0.1) is 33.8 Å². The summed E-state index contributed by atoms with van der Waals surface area (Å²) in [5.41, 5.74) is 6.20. The van der Waals surface area contributed by atoms with Crippen molar-refractivity contribution in [1.82, 2.24) is 29.5 Å². The van der Waals surface area contributed by atoms with Gasteiger partial charge in [-0.1, -0.05) is 29.3 Å². The molecular formula is C19H13Cl2F3N8O2. The van der Waals surface area contributed by atoms with E-state index in [1.54, 1.807) is 18.2 Å². The third-order valence-corrected chi connectivity index (χ3v) is 5.04. The summed E-state index contributed by atoms with van der Waals surface area (Å²) >= 11 is 12.4. The number of benzene rings is 1. The predicted octanol–water partition coefficient (Wildman–Crippen LogP) is 3.51. The molecule has 4 aromatic rings. The Labute approximate surface area is 198 Å². The van der Waals surface area contributed by atoms with Crippen molar-refractivity contribution in [2.45, 2.75) is 12.8 Å². The first kappa shape index (κ1) is 23.5. The maximum absolute atomic E-state index is 12.9. The molecule has 3 aromatic heterocycles. The van der Waals surface area contributed by atoms with Crippen LogP contribution >= 0.6 is 23.2 Å². The van der Waals surface area contributed by atoms with Gasteiger partial charge in [-0.15, -0.1) is 5.10 Å². The Balaban J connectivity index is 1.65. The van der Waals surface area contributed by atoms with E-state index in [2.05, 4.69) is 25.5 Å². The summed E-state index contributed by atoms with van der Waals surface area (Å²) in [5.74, 6) is -2.60. The zero-order chi connectivity index (χ0) is 24.6. The molecule has 0 aliphatic carbocycles. The van der Waals surface area contributed by atoms with Crippen LogP contribution in [0.4, 0.5) is 24.5 Å². The second-order valence-corrected chi connectivity index (χ2v) is 7.53. The summed E-state index contributed by atoms with van der Waals surface area (Å²) < 4.78 is 40.8. The Morgan fingerprint density at radius 1 is 1.15 bits per heavy atom. The molecule has 3 heterocycles. The molecule has 176 valence electrons. The molecule has 0 fully saturated rings. The number of para-hydroxylation sites is 1. The number of alkyl halides is 3. The standard InChI is InChI=1S/C19H13Cl2F3N8O2/c20-10-2-1-3-11(21)16(10)31-7-12(15(29-31)17(25)34)27-9-4-5-13(26-6-9)32-14(8-33)28-18(30-32)19(22,23)24/h1-7,27,33H,8H2,(H2,25,34). The molecule has 1 aromatic carbocycles. The monoisotopic (exact) mass is 512 g/mol. The second-order valence-electron chi connectivity index (χ2n) is 6.72. The van der Waals surface area contributed by atoms with Gasteiger partial charge >= 0.3 is 6.18 Å². The summed E-state index contributed by atoms with van der Waals surface area (Å²) in [6.07, 6.45) is -2.07. The van der Waals surface area contributed by atoms with Crippen molar-refractivity contribution in [2.75, 3.05) is 5.32 Å². The number of nitrogens with zero attached hydrogens (tertiary/aromatic N) is 6. The second kappa shape index (κ2) is 8.93. The van der Waals surface area contributed by atoms with E-state index >= 15 is 0 Å². The molecular weight excluding hydrogens is 500 g/mol. The Bertz CT molecular complexity index is 1350. The van der Waals surface area contributed by atoms with Crippen LogP contribution in [0.1, 0.15) is 22.1 Å². The summed E-state index contributed by atoms with van der Waals surface area (Å²) in [4.78, 5) is 19.2. The number of halogens is 5. The molecule has 10 nitrogen and oxygen atoms in total. The van der Waals surface area contributed by atoms with Gasteiger partial charge in [-0.05, 0) is 24.3 Å².